The molecule has 0 aromatic heterocycles. The van der Waals surface area contributed by atoms with Crippen LogP contribution < -0.4 is 0 Å². The van der Waals surface area contributed by atoms with Crippen LogP contribution in [0.1, 0.15) is 11.1 Å². The van der Waals surface area contributed by atoms with Gasteiger partial charge in [0.05, 0.1) is 5.92 Å². The molecule has 1 atom stereocenters. The third-order valence-corrected chi connectivity index (χ3v) is 4.28. The predicted octanol–water partition coefficient (Wildman–Crippen LogP) is 5.24. The number of hydrogen-bond acceptors (Lipinski definition) is 1. The van der Waals surface area contributed by atoms with Gasteiger partial charge >= 0.3 is 5.97 Å². The summed E-state index contributed by atoms with van der Waals surface area (Å²) in [6.45, 7) is 0. The first kappa shape index (κ1) is 16.3. The highest BCUT2D eigenvalue weighted by Crippen LogP contribution is 2.25. The number of aliphatic carboxylic acids is 1. The van der Waals surface area contributed by atoms with E-state index in [0.29, 0.717) is 22.9 Å². The van der Waals surface area contributed by atoms with Crippen molar-refractivity contribution in [1.29, 1.82) is 0 Å². The molecule has 0 aliphatic heterocycles. The Morgan fingerprint density at radius 3 is 2.52 bits per heavy atom. The Kier molecular flexibility index (Phi) is 5.68. The summed E-state index contributed by atoms with van der Waals surface area (Å²) in [5.74, 6) is -1.38. The van der Waals surface area contributed by atoms with Gasteiger partial charge in [-0.05, 0) is 48.2 Å². The maximum Gasteiger partial charge on any atom is 0.307 e. The summed E-state index contributed by atoms with van der Waals surface area (Å²) in [4.78, 5) is 11.5. The van der Waals surface area contributed by atoms with Crippen molar-refractivity contribution in [2.75, 3.05) is 0 Å². The number of halogens is 3. The molecule has 0 aliphatic rings. The van der Waals surface area contributed by atoms with E-state index < -0.39 is 11.9 Å². The van der Waals surface area contributed by atoms with Crippen molar-refractivity contribution in [3.8, 4) is 0 Å². The Morgan fingerprint density at radius 1 is 1.14 bits per heavy atom. The number of hydrogen-bond donors (Lipinski definition) is 1. The molecule has 2 aromatic carbocycles. The zero-order chi connectivity index (χ0) is 15.4. The van der Waals surface area contributed by atoms with Crippen LogP contribution in [-0.4, -0.2) is 11.1 Å². The van der Waals surface area contributed by atoms with Crippen molar-refractivity contribution < 1.29 is 9.90 Å². The highest BCUT2D eigenvalue weighted by atomic mass is 79.9. The SMILES string of the molecule is O=C(O)C(Cc1cccc(Cl)c1)Cc1ccc(Br)cc1Cl. The van der Waals surface area contributed by atoms with Gasteiger partial charge in [-0.15, -0.1) is 0 Å². The van der Waals surface area contributed by atoms with Crippen LogP contribution in [0.3, 0.4) is 0 Å². The molecule has 0 amide bonds. The standard InChI is InChI=1S/C16H13BrCl2O2/c17-13-5-4-11(15(19)9-13)8-12(16(20)21)6-10-2-1-3-14(18)7-10/h1-5,7,9,12H,6,8H2,(H,20,21). The fourth-order valence-electron chi connectivity index (χ4n) is 2.15. The molecule has 1 unspecified atom stereocenters. The zero-order valence-electron chi connectivity index (χ0n) is 11.0. The van der Waals surface area contributed by atoms with Crippen LogP contribution in [0, 0.1) is 5.92 Å². The lowest BCUT2D eigenvalue weighted by molar-refractivity contribution is -0.141. The monoisotopic (exact) mass is 386 g/mol. The minimum atomic E-state index is -0.839. The van der Waals surface area contributed by atoms with Crippen LogP contribution in [0.4, 0.5) is 0 Å². The second-order valence-corrected chi connectivity index (χ2v) is 6.57. The summed E-state index contributed by atoms with van der Waals surface area (Å²) in [5, 5.41) is 10.6. The van der Waals surface area contributed by atoms with Crippen LogP contribution in [0.15, 0.2) is 46.9 Å². The Labute approximate surface area is 141 Å². The average molecular weight is 388 g/mol. The van der Waals surface area contributed by atoms with Crippen LogP contribution in [0.2, 0.25) is 10.0 Å². The lowest BCUT2D eigenvalue weighted by Gasteiger charge is -2.14. The topological polar surface area (TPSA) is 37.3 Å². The Balaban J connectivity index is 2.18. The maximum absolute atomic E-state index is 11.5. The Hall–Kier alpha value is -1.03. The quantitative estimate of drug-likeness (QED) is 0.761. The van der Waals surface area contributed by atoms with Gasteiger partial charge < -0.3 is 5.11 Å². The third-order valence-electron chi connectivity index (χ3n) is 3.20. The van der Waals surface area contributed by atoms with E-state index in [4.69, 9.17) is 23.2 Å². The van der Waals surface area contributed by atoms with E-state index in [1.54, 1.807) is 18.2 Å². The number of carboxylic acid groups (broad SMARTS) is 1. The van der Waals surface area contributed by atoms with E-state index in [1.165, 1.54) is 0 Å². The van der Waals surface area contributed by atoms with E-state index >= 15 is 0 Å². The van der Waals surface area contributed by atoms with Gasteiger partial charge in [0.1, 0.15) is 0 Å². The van der Waals surface area contributed by atoms with Crippen LogP contribution in [0.5, 0.6) is 0 Å². The van der Waals surface area contributed by atoms with Crippen molar-refractivity contribution >= 4 is 45.1 Å². The molecule has 0 heterocycles. The first-order valence-electron chi connectivity index (χ1n) is 6.37. The minimum absolute atomic E-state index is 0.383. The van der Waals surface area contributed by atoms with Gasteiger partial charge in [-0.2, -0.15) is 0 Å². The molecule has 0 bridgehead atoms. The molecule has 1 N–H and O–H groups in total. The molecule has 5 heteroatoms. The molecule has 0 saturated carbocycles. The minimum Gasteiger partial charge on any atom is -0.481 e. The molecule has 2 aromatic rings. The normalized spacial score (nSPS) is 12.1. The van der Waals surface area contributed by atoms with E-state index in [1.807, 2.05) is 24.3 Å². The number of carbonyl (C=O) groups is 1. The summed E-state index contributed by atoms with van der Waals surface area (Å²) in [6.07, 6.45) is 0.802. The lowest BCUT2D eigenvalue weighted by atomic mass is 9.92. The molecular formula is C16H13BrCl2O2. The molecule has 0 saturated heterocycles. The van der Waals surface area contributed by atoms with Crippen LogP contribution in [0.25, 0.3) is 0 Å². The van der Waals surface area contributed by atoms with Crippen molar-refractivity contribution in [2.24, 2.45) is 5.92 Å². The number of benzene rings is 2. The van der Waals surface area contributed by atoms with Gasteiger partial charge in [0, 0.05) is 14.5 Å². The molecular weight excluding hydrogens is 375 g/mol. The summed E-state index contributed by atoms with van der Waals surface area (Å²) < 4.78 is 0.873. The van der Waals surface area contributed by atoms with Gasteiger partial charge in [0.15, 0.2) is 0 Å². The first-order valence-corrected chi connectivity index (χ1v) is 7.92. The van der Waals surface area contributed by atoms with Crippen LogP contribution in [-0.2, 0) is 17.6 Å². The largest absolute Gasteiger partial charge is 0.481 e. The Morgan fingerprint density at radius 2 is 1.90 bits per heavy atom. The van der Waals surface area contributed by atoms with E-state index in [2.05, 4.69) is 15.9 Å². The van der Waals surface area contributed by atoms with Gasteiger partial charge in [-0.25, -0.2) is 0 Å². The van der Waals surface area contributed by atoms with Gasteiger partial charge in [-0.1, -0.05) is 57.3 Å². The summed E-state index contributed by atoms with van der Waals surface area (Å²) in [7, 11) is 0. The van der Waals surface area contributed by atoms with Gasteiger partial charge in [-0.3, -0.25) is 4.79 Å². The van der Waals surface area contributed by atoms with Crippen LogP contribution >= 0.6 is 39.1 Å². The second kappa shape index (κ2) is 7.30. The Bertz CT molecular complexity index is 658. The van der Waals surface area contributed by atoms with Gasteiger partial charge in [0.25, 0.3) is 0 Å². The zero-order valence-corrected chi connectivity index (χ0v) is 14.1. The maximum atomic E-state index is 11.5. The fourth-order valence-corrected chi connectivity index (χ4v) is 3.11. The van der Waals surface area contributed by atoms with Crippen molar-refractivity contribution in [1.82, 2.24) is 0 Å². The first-order chi connectivity index (χ1) is 9.95. The number of rotatable bonds is 5. The molecule has 110 valence electrons. The highest BCUT2D eigenvalue weighted by Gasteiger charge is 2.20. The van der Waals surface area contributed by atoms with E-state index in [9.17, 15) is 9.90 Å². The summed E-state index contributed by atoms with van der Waals surface area (Å²) in [6, 6.07) is 12.7. The predicted molar refractivity (Wildman–Crippen MR) is 89.1 cm³/mol. The fraction of sp³-hybridized carbons (Fsp3) is 0.188. The summed E-state index contributed by atoms with van der Waals surface area (Å²) >= 11 is 15.4. The molecule has 0 fully saturated rings. The lowest BCUT2D eigenvalue weighted by Crippen LogP contribution is -2.19. The third kappa shape index (κ3) is 4.73. The second-order valence-electron chi connectivity index (χ2n) is 4.81. The van der Waals surface area contributed by atoms with E-state index in [-0.39, 0.29) is 0 Å². The van der Waals surface area contributed by atoms with E-state index in [0.717, 1.165) is 15.6 Å². The van der Waals surface area contributed by atoms with Crippen molar-refractivity contribution in [3.05, 3.63) is 68.1 Å². The molecule has 0 aliphatic carbocycles. The molecule has 21 heavy (non-hydrogen) atoms. The smallest absolute Gasteiger partial charge is 0.307 e. The summed E-state index contributed by atoms with van der Waals surface area (Å²) in [5.41, 5.74) is 1.73. The number of carboxylic acids is 1. The van der Waals surface area contributed by atoms with Crippen molar-refractivity contribution in [2.45, 2.75) is 12.8 Å². The molecule has 2 nitrogen and oxygen atoms in total. The molecule has 0 spiro atoms. The average Bonchev–Trinajstić information content (AvgIpc) is 2.40. The molecule has 2 rings (SSSR count). The molecule has 0 radical (unpaired) electrons. The van der Waals surface area contributed by atoms with Gasteiger partial charge in [0.2, 0.25) is 0 Å². The highest BCUT2D eigenvalue weighted by molar-refractivity contribution is 9.10. The van der Waals surface area contributed by atoms with Crippen molar-refractivity contribution in [3.63, 3.8) is 0 Å².